The number of hydrogen-bond acceptors (Lipinski definition) is 5. The second kappa shape index (κ2) is 11.0. The average molecular weight is 449 g/mol. The fourth-order valence-corrected chi connectivity index (χ4v) is 4.41. The number of benzene rings is 2. The Morgan fingerprint density at radius 2 is 1.74 bits per heavy atom. The zero-order valence-electron chi connectivity index (χ0n) is 18.8. The van der Waals surface area contributed by atoms with Gasteiger partial charge in [0.25, 0.3) is 0 Å². The SMILES string of the molecule is COc1ccc(N([C@H](C)C(=O)NCCCc2cccc(OC(C)C)c2)S(C)(=O)=O)cc1. The fourth-order valence-electron chi connectivity index (χ4n) is 3.24. The molecule has 1 N–H and O–H groups in total. The van der Waals surface area contributed by atoms with Crippen LogP contribution in [0.1, 0.15) is 32.8 Å². The summed E-state index contributed by atoms with van der Waals surface area (Å²) >= 11 is 0. The Kier molecular flexibility index (Phi) is 8.74. The number of nitrogens with zero attached hydrogens (tertiary/aromatic N) is 1. The van der Waals surface area contributed by atoms with Crippen molar-refractivity contribution in [1.82, 2.24) is 5.32 Å². The first-order chi connectivity index (χ1) is 14.6. The Hall–Kier alpha value is -2.74. The summed E-state index contributed by atoms with van der Waals surface area (Å²) in [5, 5.41) is 2.84. The van der Waals surface area contributed by atoms with Crippen LogP contribution in [0.2, 0.25) is 0 Å². The molecule has 170 valence electrons. The smallest absolute Gasteiger partial charge is 0.243 e. The molecule has 2 aromatic rings. The molecule has 2 rings (SSSR count). The van der Waals surface area contributed by atoms with E-state index >= 15 is 0 Å². The maximum absolute atomic E-state index is 12.7. The number of methoxy groups -OCH3 is 1. The zero-order chi connectivity index (χ0) is 23.0. The lowest BCUT2D eigenvalue weighted by Gasteiger charge is -2.28. The highest BCUT2D eigenvalue weighted by molar-refractivity contribution is 7.92. The van der Waals surface area contributed by atoms with Crippen molar-refractivity contribution in [2.75, 3.05) is 24.2 Å². The average Bonchev–Trinajstić information content (AvgIpc) is 2.70. The summed E-state index contributed by atoms with van der Waals surface area (Å²) in [5.41, 5.74) is 1.53. The number of aryl methyl sites for hydroxylation is 1. The largest absolute Gasteiger partial charge is 0.497 e. The third-order valence-corrected chi connectivity index (χ3v) is 5.87. The van der Waals surface area contributed by atoms with Gasteiger partial charge in [0.2, 0.25) is 15.9 Å². The normalized spacial score (nSPS) is 12.3. The maximum atomic E-state index is 12.7. The van der Waals surface area contributed by atoms with Gasteiger partial charge in [-0.2, -0.15) is 0 Å². The van der Waals surface area contributed by atoms with Gasteiger partial charge in [-0.1, -0.05) is 12.1 Å². The van der Waals surface area contributed by atoms with Gasteiger partial charge in [-0.05, 0) is 75.6 Å². The summed E-state index contributed by atoms with van der Waals surface area (Å²) in [5.74, 6) is 1.09. The second-order valence-electron chi connectivity index (χ2n) is 7.64. The van der Waals surface area contributed by atoms with E-state index in [0.717, 1.165) is 34.7 Å². The summed E-state index contributed by atoms with van der Waals surface area (Å²) in [6, 6.07) is 13.6. The topological polar surface area (TPSA) is 84.9 Å². The molecule has 0 aliphatic rings. The first-order valence-electron chi connectivity index (χ1n) is 10.3. The van der Waals surface area contributed by atoms with Gasteiger partial charge < -0.3 is 14.8 Å². The summed E-state index contributed by atoms with van der Waals surface area (Å²) in [7, 11) is -2.12. The lowest BCUT2D eigenvalue weighted by Crippen LogP contribution is -2.48. The molecule has 0 unspecified atom stereocenters. The van der Waals surface area contributed by atoms with Gasteiger partial charge in [-0.3, -0.25) is 9.10 Å². The molecular formula is C23H32N2O5S. The predicted molar refractivity (Wildman–Crippen MR) is 123 cm³/mol. The Bertz CT molecular complexity index is 958. The van der Waals surface area contributed by atoms with Crippen molar-refractivity contribution >= 4 is 21.6 Å². The lowest BCUT2D eigenvalue weighted by molar-refractivity contribution is -0.121. The van der Waals surface area contributed by atoms with Gasteiger partial charge in [-0.25, -0.2) is 8.42 Å². The van der Waals surface area contributed by atoms with Gasteiger partial charge in [0.05, 0.1) is 25.2 Å². The van der Waals surface area contributed by atoms with Crippen LogP contribution < -0.4 is 19.1 Å². The molecule has 31 heavy (non-hydrogen) atoms. The summed E-state index contributed by atoms with van der Waals surface area (Å²) in [4.78, 5) is 12.7. The molecule has 7 nitrogen and oxygen atoms in total. The van der Waals surface area contributed by atoms with E-state index in [2.05, 4.69) is 5.32 Å². The quantitative estimate of drug-likeness (QED) is 0.533. The Morgan fingerprint density at radius 3 is 2.32 bits per heavy atom. The number of rotatable bonds is 11. The van der Waals surface area contributed by atoms with Crippen molar-refractivity contribution in [3.8, 4) is 11.5 Å². The molecular weight excluding hydrogens is 416 g/mol. The standard InChI is InChI=1S/C23H32N2O5S/c1-17(2)30-22-10-6-8-19(16-22)9-7-15-24-23(26)18(3)25(31(5,27)28)20-11-13-21(29-4)14-12-20/h6,8,10-14,16-18H,7,9,15H2,1-5H3,(H,24,26)/t18-/m1/s1. The van der Waals surface area contributed by atoms with Crippen LogP contribution in [0.5, 0.6) is 11.5 Å². The van der Waals surface area contributed by atoms with Gasteiger partial charge in [0, 0.05) is 6.54 Å². The third kappa shape index (κ3) is 7.47. The highest BCUT2D eigenvalue weighted by atomic mass is 32.2. The van der Waals surface area contributed by atoms with Crippen LogP contribution in [0, 0.1) is 0 Å². The number of amides is 1. The summed E-state index contributed by atoms with van der Waals surface area (Å²) < 4.78 is 36.7. The van der Waals surface area contributed by atoms with Crippen molar-refractivity contribution in [2.24, 2.45) is 0 Å². The predicted octanol–water partition coefficient (Wildman–Crippen LogP) is 3.39. The Morgan fingerprint density at radius 1 is 1.06 bits per heavy atom. The molecule has 0 fully saturated rings. The fraction of sp³-hybridized carbons (Fsp3) is 0.435. The molecule has 8 heteroatoms. The van der Waals surface area contributed by atoms with Crippen molar-refractivity contribution in [2.45, 2.75) is 45.8 Å². The van der Waals surface area contributed by atoms with Crippen molar-refractivity contribution in [1.29, 1.82) is 0 Å². The minimum atomic E-state index is -3.65. The first kappa shape index (κ1) is 24.5. The molecule has 0 aliphatic heterocycles. The number of carbonyl (C=O) groups excluding carboxylic acids is 1. The van der Waals surface area contributed by atoms with Crippen LogP contribution in [-0.2, 0) is 21.2 Å². The summed E-state index contributed by atoms with van der Waals surface area (Å²) in [6.07, 6.45) is 2.70. The van der Waals surface area contributed by atoms with Gasteiger partial charge in [-0.15, -0.1) is 0 Å². The molecule has 0 radical (unpaired) electrons. The van der Waals surface area contributed by atoms with Crippen LogP contribution >= 0.6 is 0 Å². The van der Waals surface area contributed by atoms with Crippen LogP contribution in [0.4, 0.5) is 5.69 Å². The van der Waals surface area contributed by atoms with E-state index in [1.807, 2.05) is 38.1 Å². The van der Waals surface area contributed by atoms with Gasteiger partial charge in [0.1, 0.15) is 17.5 Å². The van der Waals surface area contributed by atoms with Crippen LogP contribution in [-0.4, -0.2) is 46.4 Å². The van der Waals surface area contributed by atoms with Crippen molar-refractivity contribution < 1.29 is 22.7 Å². The molecule has 0 saturated heterocycles. The molecule has 0 heterocycles. The molecule has 1 atom stereocenters. The van der Waals surface area contributed by atoms with Crippen molar-refractivity contribution in [3.05, 3.63) is 54.1 Å². The van der Waals surface area contributed by atoms with E-state index < -0.39 is 16.1 Å². The molecule has 0 saturated carbocycles. The molecule has 2 aromatic carbocycles. The van der Waals surface area contributed by atoms with E-state index in [-0.39, 0.29) is 12.0 Å². The molecule has 0 aliphatic carbocycles. The maximum Gasteiger partial charge on any atom is 0.243 e. The van der Waals surface area contributed by atoms with Gasteiger partial charge >= 0.3 is 0 Å². The Balaban J connectivity index is 1.95. The van der Waals surface area contributed by atoms with E-state index in [4.69, 9.17) is 9.47 Å². The third-order valence-electron chi connectivity index (χ3n) is 4.63. The van der Waals surface area contributed by atoms with E-state index in [0.29, 0.717) is 18.0 Å². The van der Waals surface area contributed by atoms with E-state index in [1.54, 1.807) is 31.2 Å². The highest BCUT2D eigenvalue weighted by Gasteiger charge is 2.28. The number of ether oxygens (including phenoxy) is 2. The van der Waals surface area contributed by atoms with E-state index in [1.165, 1.54) is 7.11 Å². The minimum absolute atomic E-state index is 0.111. The molecule has 0 bridgehead atoms. The number of anilines is 1. The number of nitrogens with one attached hydrogen (secondary N) is 1. The van der Waals surface area contributed by atoms with Gasteiger partial charge in [0.15, 0.2) is 0 Å². The zero-order valence-corrected chi connectivity index (χ0v) is 19.6. The highest BCUT2D eigenvalue weighted by Crippen LogP contribution is 2.24. The molecule has 1 amide bonds. The van der Waals surface area contributed by atoms with Crippen LogP contribution in [0.25, 0.3) is 0 Å². The first-order valence-corrected chi connectivity index (χ1v) is 12.1. The number of carbonyl (C=O) groups is 1. The number of hydrogen-bond donors (Lipinski definition) is 1. The number of sulfonamides is 1. The van der Waals surface area contributed by atoms with Crippen molar-refractivity contribution in [3.63, 3.8) is 0 Å². The lowest BCUT2D eigenvalue weighted by atomic mass is 10.1. The van der Waals surface area contributed by atoms with E-state index in [9.17, 15) is 13.2 Å². The van der Waals surface area contributed by atoms with Crippen LogP contribution in [0.3, 0.4) is 0 Å². The molecule has 0 aromatic heterocycles. The monoisotopic (exact) mass is 448 g/mol. The minimum Gasteiger partial charge on any atom is -0.497 e. The second-order valence-corrected chi connectivity index (χ2v) is 9.50. The summed E-state index contributed by atoms with van der Waals surface area (Å²) in [6.45, 7) is 5.98. The Labute approximate surface area is 185 Å². The molecule has 0 spiro atoms. The van der Waals surface area contributed by atoms with Crippen LogP contribution in [0.15, 0.2) is 48.5 Å².